The average Bonchev–Trinajstić information content (AvgIpc) is 2.52. The van der Waals surface area contributed by atoms with Gasteiger partial charge in [-0.2, -0.15) is 0 Å². The quantitative estimate of drug-likeness (QED) is 0.636. The molecule has 1 aromatic rings. The van der Waals surface area contributed by atoms with Crippen LogP contribution < -0.4 is 5.73 Å². The summed E-state index contributed by atoms with van der Waals surface area (Å²) < 4.78 is 1.28. The Bertz CT molecular complexity index is 364. The van der Waals surface area contributed by atoms with Gasteiger partial charge in [0.05, 0.1) is 5.69 Å². The SMILES string of the molecule is CC(=O)n1cnc(CC(N)C(=O)O)c1.[Bi+3]. The van der Waals surface area contributed by atoms with Crippen LogP contribution in [0.5, 0.6) is 0 Å². The predicted molar refractivity (Wildman–Crippen MR) is 53.6 cm³/mol. The number of aromatic nitrogens is 2. The van der Waals surface area contributed by atoms with Gasteiger partial charge >= 0.3 is 32.2 Å². The van der Waals surface area contributed by atoms with Crippen LogP contribution in [0.3, 0.4) is 0 Å². The van der Waals surface area contributed by atoms with E-state index < -0.39 is 12.0 Å². The van der Waals surface area contributed by atoms with Crippen LogP contribution >= 0.6 is 0 Å². The standard InChI is InChI=1S/C8H11N3O3.Bi/c1-5(12)11-3-6(10-4-11)2-7(9)8(13)14;/h3-4,7H,2,9H2,1H3,(H,13,14);/q;+3. The zero-order valence-electron chi connectivity index (χ0n) is 8.12. The molecule has 0 aliphatic carbocycles. The maximum Gasteiger partial charge on any atom is 3.00 e. The molecule has 1 heterocycles. The smallest absolute Gasteiger partial charge is 0.480 e. The zero-order chi connectivity index (χ0) is 10.7. The van der Waals surface area contributed by atoms with Crippen LogP contribution in [0.4, 0.5) is 0 Å². The van der Waals surface area contributed by atoms with Crippen LogP contribution in [0.15, 0.2) is 12.5 Å². The second-order valence-corrected chi connectivity index (χ2v) is 2.94. The largest absolute Gasteiger partial charge is 3.00 e. The fourth-order valence-electron chi connectivity index (χ4n) is 0.954. The summed E-state index contributed by atoms with van der Waals surface area (Å²) in [7, 11) is 0. The van der Waals surface area contributed by atoms with Crippen molar-refractivity contribution in [3.63, 3.8) is 0 Å². The van der Waals surface area contributed by atoms with Gasteiger partial charge in [0.2, 0.25) is 5.91 Å². The third-order valence-electron chi connectivity index (χ3n) is 1.75. The number of hydrogen-bond donors (Lipinski definition) is 2. The summed E-state index contributed by atoms with van der Waals surface area (Å²) >= 11 is 0. The van der Waals surface area contributed by atoms with Crippen molar-refractivity contribution in [2.24, 2.45) is 5.73 Å². The first kappa shape index (κ1) is 14.2. The number of carbonyl (C=O) groups excluding carboxylic acids is 1. The molecule has 0 saturated carbocycles. The molecule has 0 amide bonds. The van der Waals surface area contributed by atoms with E-state index in [1.165, 1.54) is 24.0 Å². The minimum atomic E-state index is -1.08. The number of imidazole rings is 1. The van der Waals surface area contributed by atoms with Crippen LogP contribution in [-0.4, -0.2) is 58.8 Å². The van der Waals surface area contributed by atoms with E-state index in [1.54, 1.807) is 0 Å². The maximum atomic E-state index is 10.9. The Morgan fingerprint density at radius 3 is 2.67 bits per heavy atom. The Morgan fingerprint density at radius 1 is 1.67 bits per heavy atom. The van der Waals surface area contributed by atoms with E-state index >= 15 is 0 Å². The Balaban J connectivity index is 0.00000196. The van der Waals surface area contributed by atoms with Gasteiger partial charge in [-0.25, -0.2) is 4.98 Å². The molecule has 2 radical (unpaired) electrons. The van der Waals surface area contributed by atoms with Gasteiger partial charge < -0.3 is 10.8 Å². The number of carboxylic acid groups (broad SMARTS) is 1. The van der Waals surface area contributed by atoms with Crippen molar-refractivity contribution in [2.75, 3.05) is 0 Å². The summed E-state index contributed by atoms with van der Waals surface area (Å²) in [5.74, 6) is -1.25. The van der Waals surface area contributed by atoms with Gasteiger partial charge in [-0.15, -0.1) is 0 Å². The summed E-state index contributed by atoms with van der Waals surface area (Å²) in [6.45, 7) is 1.39. The molecule has 0 spiro atoms. The van der Waals surface area contributed by atoms with Crippen molar-refractivity contribution in [3.8, 4) is 0 Å². The van der Waals surface area contributed by atoms with Crippen LogP contribution in [0, 0.1) is 0 Å². The van der Waals surface area contributed by atoms with Crippen LogP contribution in [0.25, 0.3) is 0 Å². The number of carbonyl (C=O) groups is 2. The number of hydrogen-bond acceptors (Lipinski definition) is 4. The van der Waals surface area contributed by atoms with Gasteiger partial charge in [0.15, 0.2) is 0 Å². The first-order valence-corrected chi connectivity index (χ1v) is 4.03. The molecule has 0 fully saturated rings. The first-order chi connectivity index (χ1) is 6.50. The first-order valence-electron chi connectivity index (χ1n) is 4.03. The van der Waals surface area contributed by atoms with E-state index in [2.05, 4.69) is 4.98 Å². The molecule has 3 N–H and O–H groups in total. The van der Waals surface area contributed by atoms with Crippen molar-refractivity contribution in [3.05, 3.63) is 18.2 Å². The van der Waals surface area contributed by atoms with E-state index in [0.29, 0.717) is 5.69 Å². The number of nitrogens with zero attached hydrogens (tertiary/aromatic N) is 2. The van der Waals surface area contributed by atoms with Crippen LogP contribution in [0.1, 0.15) is 17.4 Å². The molecule has 0 bridgehead atoms. The monoisotopic (exact) mass is 406 g/mol. The molecule has 78 valence electrons. The number of carboxylic acids is 1. The summed E-state index contributed by atoms with van der Waals surface area (Å²) in [5, 5.41) is 8.53. The third kappa shape index (κ3) is 4.05. The van der Waals surface area contributed by atoms with Crippen LogP contribution in [-0.2, 0) is 11.2 Å². The Labute approximate surface area is 106 Å². The summed E-state index contributed by atoms with van der Waals surface area (Å²) in [6.07, 6.45) is 2.94. The summed E-state index contributed by atoms with van der Waals surface area (Å²) in [4.78, 5) is 25.1. The topological polar surface area (TPSA) is 98.2 Å². The van der Waals surface area contributed by atoms with Gasteiger partial charge in [0.1, 0.15) is 12.4 Å². The van der Waals surface area contributed by atoms with E-state index in [1.807, 2.05) is 0 Å². The summed E-state index contributed by atoms with van der Waals surface area (Å²) in [6, 6.07) is -0.981. The van der Waals surface area contributed by atoms with Gasteiger partial charge in [-0.05, 0) is 0 Å². The molecular weight excluding hydrogens is 395 g/mol. The molecule has 15 heavy (non-hydrogen) atoms. The minimum absolute atomic E-state index is 0. The van der Waals surface area contributed by atoms with Crippen LogP contribution in [0.2, 0.25) is 0 Å². The number of nitrogens with two attached hydrogens (primary N) is 1. The molecule has 0 aromatic carbocycles. The van der Waals surface area contributed by atoms with Crippen molar-refractivity contribution < 1.29 is 14.7 Å². The predicted octanol–water partition coefficient (Wildman–Crippen LogP) is -0.883. The van der Waals surface area contributed by atoms with Crippen molar-refractivity contribution in [2.45, 2.75) is 19.4 Å². The maximum absolute atomic E-state index is 10.9. The average molecular weight is 406 g/mol. The van der Waals surface area contributed by atoms with E-state index in [0.717, 1.165) is 0 Å². The second kappa shape index (κ2) is 5.93. The fraction of sp³-hybridized carbons (Fsp3) is 0.375. The second-order valence-electron chi connectivity index (χ2n) is 2.94. The Hall–Kier alpha value is -0.807. The molecule has 1 aromatic heterocycles. The minimum Gasteiger partial charge on any atom is -0.480 e. The summed E-state index contributed by atoms with van der Waals surface area (Å²) in [5.41, 5.74) is 5.80. The molecule has 0 saturated heterocycles. The molecule has 1 unspecified atom stereocenters. The number of rotatable bonds is 3. The van der Waals surface area contributed by atoms with E-state index in [-0.39, 0.29) is 38.5 Å². The van der Waals surface area contributed by atoms with Gasteiger partial charge in [-0.3, -0.25) is 14.2 Å². The third-order valence-corrected chi connectivity index (χ3v) is 1.75. The molecule has 1 rings (SSSR count). The van der Waals surface area contributed by atoms with Crippen molar-refractivity contribution in [1.82, 2.24) is 9.55 Å². The molecule has 1 atom stereocenters. The van der Waals surface area contributed by atoms with Crippen molar-refractivity contribution in [1.29, 1.82) is 0 Å². The van der Waals surface area contributed by atoms with Gasteiger partial charge in [0.25, 0.3) is 0 Å². The van der Waals surface area contributed by atoms with Gasteiger partial charge in [-0.1, -0.05) is 0 Å². The molecule has 0 aliphatic heterocycles. The molecule has 7 heteroatoms. The molecule has 6 nitrogen and oxygen atoms in total. The van der Waals surface area contributed by atoms with E-state index in [4.69, 9.17) is 10.8 Å². The zero-order valence-corrected chi connectivity index (χ0v) is 11.6. The number of aliphatic carboxylic acids is 1. The van der Waals surface area contributed by atoms with Gasteiger partial charge in [0, 0.05) is 19.5 Å². The van der Waals surface area contributed by atoms with Crippen molar-refractivity contribution >= 4 is 38.1 Å². The molecule has 0 aliphatic rings. The fourth-order valence-corrected chi connectivity index (χ4v) is 0.954. The Kier molecular flexibility index (Phi) is 5.61. The Morgan fingerprint density at radius 2 is 2.27 bits per heavy atom. The molecular formula is C8H11BiN3O3+3. The normalized spacial score (nSPS) is 11.6. The van der Waals surface area contributed by atoms with E-state index in [9.17, 15) is 9.59 Å².